The highest BCUT2D eigenvalue weighted by Gasteiger charge is 2.32. The molecule has 0 saturated carbocycles. The number of methoxy groups -OCH3 is 1. The molecule has 1 fully saturated rings. The summed E-state index contributed by atoms with van der Waals surface area (Å²) in [5.41, 5.74) is 3.30. The van der Waals surface area contributed by atoms with Crippen molar-refractivity contribution >= 4 is 28.9 Å². The SMILES string of the molecule is COc1c2c(cc(C)c1OCCN(C)C)C1[N-]CCN1C(NC(=O)c1sc(C)nc1C)=N2. The molecule has 1 N–H and O–H groups in total. The summed E-state index contributed by atoms with van der Waals surface area (Å²) in [7, 11) is 5.62. The van der Waals surface area contributed by atoms with E-state index in [1.165, 1.54) is 11.3 Å². The molecule has 32 heavy (non-hydrogen) atoms. The van der Waals surface area contributed by atoms with E-state index < -0.39 is 0 Å². The van der Waals surface area contributed by atoms with Crippen LogP contribution in [0.4, 0.5) is 5.69 Å². The summed E-state index contributed by atoms with van der Waals surface area (Å²) in [6.07, 6.45) is -0.217. The van der Waals surface area contributed by atoms with Crippen LogP contribution in [0, 0.1) is 20.8 Å². The van der Waals surface area contributed by atoms with E-state index in [4.69, 9.17) is 19.8 Å². The molecule has 172 valence electrons. The molecule has 0 aliphatic carbocycles. The van der Waals surface area contributed by atoms with Crippen molar-refractivity contribution in [3.63, 3.8) is 0 Å². The summed E-state index contributed by atoms with van der Waals surface area (Å²) in [5, 5.41) is 8.61. The molecular weight excluding hydrogens is 428 g/mol. The van der Waals surface area contributed by atoms with E-state index in [0.717, 1.165) is 22.7 Å². The predicted octanol–water partition coefficient (Wildman–Crippen LogP) is 3.14. The highest BCUT2D eigenvalue weighted by atomic mass is 32.1. The van der Waals surface area contributed by atoms with E-state index in [0.29, 0.717) is 53.4 Å². The molecule has 1 saturated heterocycles. The van der Waals surface area contributed by atoms with Gasteiger partial charge in [-0.25, -0.2) is 9.98 Å². The molecule has 0 spiro atoms. The maximum absolute atomic E-state index is 13.0. The molecule has 1 aromatic carbocycles. The predicted molar refractivity (Wildman–Crippen MR) is 126 cm³/mol. The summed E-state index contributed by atoms with van der Waals surface area (Å²) in [6.45, 7) is 8.40. The minimum absolute atomic E-state index is 0.213. The number of benzene rings is 1. The van der Waals surface area contributed by atoms with Crippen LogP contribution < -0.4 is 14.8 Å². The number of ether oxygens (including phenoxy) is 2. The third kappa shape index (κ3) is 4.17. The highest BCUT2D eigenvalue weighted by Crippen LogP contribution is 2.50. The number of fused-ring (bicyclic) bond motifs is 3. The van der Waals surface area contributed by atoms with Gasteiger partial charge in [0.05, 0.1) is 17.8 Å². The van der Waals surface area contributed by atoms with Crippen LogP contribution >= 0.6 is 11.3 Å². The number of guanidine groups is 1. The third-order valence-corrected chi connectivity index (χ3v) is 6.53. The Morgan fingerprint density at radius 1 is 1.34 bits per heavy atom. The number of nitrogens with zero attached hydrogens (tertiary/aromatic N) is 5. The van der Waals surface area contributed by atoms with E-state index >= 15 is 0 Å². The number of carbonyl (C=O) groups excluding carboxylic acids is 1. The van der Waals surface area contributed by atoms with Crippen molar-refractivity contribution in [1.82, 2.24) is 20.1 Å². The average Bonchev–Trinajstić information content (AvgIpc) is 3.35. The minimum Gasteiger partial charge on any atom is -0.637 e. The van der Waals surface area contributed by atoms with Gasteiger partial charge in [-0.1, -0.05) is 0 Å². The monoisotopic (exact) mass is 457 g/mol. The van der Waals surface area contributed by atoms with Crippen LogP contribution in [0.2, 0.25) is 0 Å². The van der Waals surface area contributed by atoms with Gasteiger partial charge in [0, 0.05) is 13.1 Å². The number of carbonyl (C=O) groups is 1. The van der Waals surface area contributed by atoms with Crippen LogP contribution in [0.15, 0.2) is 11.1 Å². The van der Waals surface area contributed by atoms with Crippen LogP contribution in [-0.4, -0.2) is 74.1 Å². The first kappa shape index (κ1) is 22.5. The molecule has 9 nitrogen and oxygen atoms in total. The van der Waals surface area contributed by atoms with Gasteiger partial charge in [0.1, 0.15) is 17.2 Å². The van der Waals surface area contributed by atoms with Crippen LogP contribution in [0.3, 0.4) is 0 Å². The van der Waals surface area contributed by atoms with Gasteiger partial charge in [0.25, 0.3) is 5.91 Å². The zero-order valence-corrected chi connectivity index (χ0v) is 20.2. The van der Waals surface area contributed by atoms with Crippen molar-refractivity contribution < 1.29 is 14.3 Å². The Morgan fingerprint density at radius 3 is 2.78 bits per heavy atom. The van der Waals surface area contributed by atoms with Crippen LogP contribution in [-0.2, 0) is 0 Å². The lowest BCUT2D eigenvalue weighted by Gasteiger charge is -2.39. The Balaban J connectivity index is 1.72. The second kappa shape index (κ2) is 9.05. The fraction of sp³-hybridized carbons (Fsp3) is 0.500. The van der Waals surface area contributed by atoms with E-state index in [9.17, 15) is 4.79 Å². The topological polar surface area (TPSA) is 93.4 Å². The lowest BCUT2D eigenvalue weighted by molar-refractivity contribution is 0.0974. The van der Waals surface area contributed by atoms with Crippen LogP contribution in [0.1, 0.15) is 37.7 Å². The van der Waals surface area contributed by atoms with Gasteiger partial charge in [-0.15, -0.1) is 17.9 Å². The number of amides is 1. The van der Waals surface area contributed by atoms with E-state index in [1.54, 1.807) is 7.11 Å². The van der Waals surface area contributed by atoms with Gasteiger partial charge in [-0.3, -0.25) is 10.1 Å². The largest absolute Gasteiger partial charge is 0.637 e. The molecule has 2 aliphatic heterocycles. The van der Waals surface area contributed by atoms with Gasteiger partial charge in [-0.05, 0) is 58.2 Å². The number of aliphatic imine (C=N–C) groups is 1. The number of aryl methyl sites for hydroxylation is 3. The normalized spacial score (nSPS) is 17.2. The van der Waals surface area contributed by atoms with E-state index in [2.05, 4.69) is 21.3 Å². The zero-order chi connectivity index (χ0) is 23.0. The highest BCUT2D eigenvalue weighted by molar-refractivity contribution is 7.13. The first-order valence-electron chi connectivity index (χ1n) is 10.6. The molecule has 3 heterocycles. The zero-order valence-electron chi connectivity index (χ0n) is 19.4. The molecule has 1 unspecified atom stereocenters. The van der Waals surface area contributed by atoms with Gasteiger partial charge >= 0.3 is 0 Å². The summed E-state index contributed by atoms with van der Waals surface area (Å²) >= 11 is 1.38. The molecule has 1 atom stereocenters. The van der Waals surface area contributed by atoms with Crippen molar-refractivity contribution in [3.05, 3.63) is 38.1 Å². The van der Waals surface area contributed by atoms with Crippen molar-refractivity contribution in [1.29, 1.82) is 0 Å². The number of aromatic nitrogens is 1. The van der Waals surface area contributed by atoms with Crippen molar-refractivity contribution in [2.45, 2.75) is 26.9 Å². The summed E-state index contributed by atoms with van der Waals surface area (Å²) in [4.78, 5) is 26.8. The molecular formula is C22H29N6O3S-. The number of hydrogen-bond donors (Lipinski definition) is 1. The maximum Gasteiger partial charge on any atom is 0.269 e. The average molecular weight is 458 g/mol. The number of rotatable bonds is 6. The third-order valence-electron chi connectivity index (χ3n) is 5.46. The number of likely N-dealkylation sites (N-methyl/N-ethyl adjacent to an activating group) is 1. The van der Waals surface area contributed by atoms with Gasteiger partial charge in [0.15, 0.2) is 11.5 Å². The van der Waals surface area contributed by atoms with E-state index in [-0.39, 0.29) is 12.1 Å². The minimum atomic E-state index is -0.217. The smallest absolute Gasteiger partial charge is 0.269 e. The maximum atomic E-state index is 13.0. The van der Waals surface area contributed by atoms with Crippen LogP contribution in [0.5, 0.6) is 11.5 Å². The summed E-state index contributed by atoms with van der Waals surface area (Å²) in [5.74, 6) is 1.50. The molecule has 4 rings (SSSR count). The molecule has 2 aromatic rings. The lowest BCUT2D eigenvalue weighted by Crippen LogP contribution is -2.45. The molecule has 0 bridgehead atoms. The van der Waals surface area contributed by atoms with Crippen LogP contribution in [0.25, 0.3) is 5.32 Å². The molecule has 2 aliphatic rings. The number of thiazole rings is 1. The Kier molecular flexibility index (Phi) is 6.36. The van der Waals surface area contributed by atoms with Gasteiger partial charge in [0.2, 0.25) is 5.96 Å². The fourth-order valence-corrected chi connectivity index (χ4v) is 4.78. The molecule has 10 heteroatoms. The van der Waals surface area contributed by atoms with Crippen molar-refractivity contribution in [3.8, 4) is 11.5 Å². The summed E-state index contributed by atoms with van der Waals surface area (Å²) < 4.78 is 11.8. The number of hydrogen-bond acceptors (Lipinski definition) is 8. The first-order chi connectivity index (χ1) is 15.3. The first-order valence-corrected chi connectivity index (χ1v) is 11.4. The van der Waals surface area contributed by atoms with Gasteiger partial charge < -0.3 is 24.6 Å². The lowest BCUT2D eigenvalue weighted by atomic mass is 10.0. The fourth-order valence-electron chi connectivity index (χ4n) is 3.96. The summed E-state index contributed by atoms with van der Waals surface area (Å²) in [6, 6.07) is 2.06. The molecule has 1 amide bonds. The second-order valence-corrected chi connectivity index (χ2v) is 9.36. The second-order valence-electron chi connectivity index (χ2n) is 8.16. The standard InChI is InChI=1S/C22H29N6O3S/c1-12-11-15-16(18(30-6)17(12)31-10-9-27(4)5)25-22(28-8-7-23-20(15)28)26-21(29)19-13(2)24-14(3)32-19/h11,20H,7-10H2,1-6H3,(H,25,26,29)/q-1. The van der Waals surface area contributed by atoms with Gasteiger partial charge in [-0.2, -0.15) is 0 Å². The Labute approximate surface area is 192 Å². The van der Waals surface area contributed by atoms with Crippen molar-refractivity contribution in [2.75, 3.05) is 47.4 Å². The quantitative estimate of drug-likeness (QED) is 0.716. The number of nitrogens with one attached hydrogen (secondary N) is 1. The Bertz CT molecular complexity index is 1060. The molecule has 0 radical (unpaired) electrons. The van der Waals surface area contributed by atoms with Crippen molar-refractivity contribution in [2.24, 2.45) is 4.99 Å². The Morgan fingerprint density at radius 2 is 2.12 bits per heavy atom. The van der Waals surface area contributed by atoms with E-state index in [1.807, 2.05) is 39.8 Å². The Hall–Kier alpha value is -2.69. The molecule has 1 aromatic heterocycles.